The first kappa shape index (κ1) is 18.4. The van der Waals surface area contributed by atoms with E-state index in [9.17, 15) is 8.42 Å². The van der Waals surface area contributed by atoms with Crippen LogP contribution in [-0.2, 0) is 10.0 Å². The number of sulfonamides is 1. The molecule has 0 fully saturated rings. The van der Waals surface area contributed by atoms with Gasteiger partial charge in [-0.2, -0.15) is 0 Å². The largest absolute Gasteiger partial charge is 0.241 e. The standard InChI is InChI=1S/C24H21NO2S/c1-18(19-11-13-22(14-12-19)20-7-3-2-4-8-20)25-28(26,27)24-16-15-21-9-5-6-10-23(21)17-24/h2-18,25H,1H3/t18-/m1/s1. The second-order valence-corrected chi connectivity index (χ2v) is 8.55. The Bertz CT molecular complexity index is 1200. The molecule has 0 heterocycles. The van der Waals surface area contributed by atoms with E-state index in [4.69, 9.17) is 0 Å². The fourth-order valence-corrected chi connectivity index (χ4v) is 4.57. The summed E-state index contributed by atoms with van der Waals surface area (Å²) in [7, 11) is -3.61. The van der Waals surface area contributed by atoms with Crippen molar-refractivity contribution in [3.8, 4) is 11.1 Å². The molecule has 0 aromatic heterocycles. The van der Waals surface area contributed by atoms with Crippen LogP contribution in [0, 0.1) is 0 Å². The van der Waals surface area contributed by atoms with Gasteiger partial charge in [0.1, 0.15) is 0 Å². The number of nitrogens with one attached hydrogen (secondary N) is 1. The lowest BCUT2D eigenvalue weighted by Crippen LogP contribution is -2.26. The molecule has 4 rings (SSSR count). The van der Waals surface area contributed by atoms with Crippen molar-refractivity contribution in [1.29, 1.82) is 0 Å². The molecular weight excluding hydrogens is 366 g/mol. The second-order valence-electron chi connectivity index (χ2n) is 6.84. The molecule has 0 spiro atoms. The molecule has 28 heavy (non-hydrogen) atoms. The smallest absolute Gasteiger partial charge is 0.207 e. The number of benzene rings is 4. The van der Waals surface area contributed by atoms with E-state index in [1.165, 1.54) is 0 Å². The summed E-state index contributed by atoms with van der Waals surface area (Å²) in [4.78, 5) is 0.277. The third kappa shape index (κ3) is 3.84. The number of hydrogen-bond donors (Lipinski definition) is 1. The molecule has 0 radical (unpaired) electrons. The Morgan fingerprint density at radius 3 is 2.00 bits per heavy atom. The molecule has 4 aromatic carbocycles. The third-order valence-corrected chi connectivity index (χ3v) is 6.42. The zero-order chi connectivity index (χ0) is 19.6. The van der Waals surface area contributed by atoms with Crippen molar-refractivity contribution in [3.63, 3.8) is 0 Å². The Morgan fingerprint density at radius 2 is 1.29 bits per heavy atom. The van der Waals surface area contributed by atoms with Gasteiger partial charge in [0, 0.05) is 6.04 Å². The highest BCUT2D eigenvalue weighted by Crippen LogP contribution is 2.24. The maximum Gasteiger partial charge on any atom is 0.241 e. The van der Waals surface area contributed by atoms with Crippen LogP contribution in [0.25, 0.3) is 21.9 Å². The van der Waals surface area contributed by atoms with Gasteiger partial charge in [0.2, 0.25) is 10.0 Å². The van der Waals surface area contributed by atoms with E-state index in [0.717, 1.165) is 27.5 Å². The maximum atomic E-state index is 12.8. The Balaban J connectivity index is 1.55. The normalized spacial score (nSPS) is 12.8. The van der Waals surface area contributed by atoms with Crippen molar-refractivity contribution in [1.82, 2.24) is 4.72 Å². The Kier molecular flexibility index (Phi) is 4.99. The van der Waals surface area contributed by atoms with E-state index in [-0.39, 0.29) is 10.9 Å². The van der Waals surface area contributed by atoms with Crippen molar-refractivity contribution in [2.75, 3.05) is 0 Å². The summed E-state index contributed by atoms with van der Waals surface area (Å²) >= 11 is 0. The van der Waals surface area contributed by atoms with Gasteiger partial charge < -0.3 is 0 Å². The zero-order valence-electron chi connectivity index (χ0n) is 15.5. The van der Waals surface area contributed by atoms with Crippen LogP contribution in [0.4, 0.5) is 0 Å². The molecule has 4 aromatic rings. The molecule has 0 saturated heterocycles. The monoisotopic (exact) mass is 387 g/mol. The summed E-state index contributed by atoms with van der Waals surface area (Å²) in [5, 5.41) is 1.93. The van der Waals surface area contributed by atoms with Crippen LogP contribution in [0.2, 0.25) is 0 Å². The maximum absolute atomic E-state index is 12.8. The SMILES string of the molecule is C[C@@H](NS(=O)(=O)c1ccc2ccccc2c1)c1ccc(-c2ccccc2)cc1. The predicted molar refractivity (Wildman–Crippen MR) is 115 cm³/mol. The topological polar surface area (TPSA) is 46.2 Å². The highest BCUT2D eigenvalue weighted by Gasteiger charge is 2.18. The van der Waals surface area contributed by atoms with Gasteiger partial charge in [-0.1, -0.05) is 84.9 Å². The van der Waals surface area contributed by atoms with Crippen LogP contribution in [-0.4, -0.2) is 8.42 Å². The molecule has 140 valence electrons. The lowest BCUT2D eigenvalue weighted by Gasteiger charge is -2.15. The number of fused-ring (bicyclic) bond motifs is 1. The fourth-order valence-electron chi connectivity index (χ4n) is 3.30. The summed E-state index contributed by atoms with van der Waals surface area (Å²) < 4.78 is 28.5. The molecule has 1 N–H and O–H groups in total. The molecule has 1 atom stereocenters. The van der Waals surface area contributed by atoms with Crippen LogP contribution in [0.1, 0.15) is 18.5 Å². The number of rotatable bonds is 5. The second kappa shape index (κ2) is 7.58. The number of hydrogen-bond acceptors (Lipinski definition) is 2. The molecule has 0 aliphatic rings. The molecular formula is C24H21NO2S. The first-order chi connectivity index (χ1) is 13.5. The average molecular weight is 388 g/mol. The van der Waals surface area contributed by atoms with Gasteiger partial charge in [-0.3, -0.25) is 0 Å². The van der Waals surface area contributed by atoms with E-state index in [1.807, 2.05) is 79.7 Å². The minimum Gasteiger partial charge on any atom is -0.207 e. The summed E-state index contributed by atoms with van der Waals surface area (Å²) in [6, 6.07) is 30.7. The quantitative estimate of drug-likeness (QED) is 0.488. The Labute approximate surface area is 165 Å². The van der Waals surface area contributed by atoms with Gasteiger partial charge in [-0.15, -0.1) is 0 Å². The summed E-state index contributed by atoms with van der Waals surface area (Å²) in [6.45, 7) is 1.86. The van der Waals surface area contributed by atoms with E-state index in [2.05, 4.69) is 16.9 Å². The van der Waals surface area contributed by atoms with Crippen LogP contribution >= 0.6 is 0 Å². The van der Waals surface area contributed by atoms with Crippen molar-refractivity contribution in [3.05, 3.63) is 103 Å². The summed E-state index contributed by atoms with van der Waals surface area (Å²) in [5.41, 5.74) is 3.16. The van der Waals surface area contributed by atoms with Crippen LogP contribution in [0.15, 0.2) is 102 Å². The zero-order valence-corrected chi connectivity index (χ0v) is 16.4. The molecule has 0 aliphatic heterocycles. The van der Waals surface area contributed by atoms with Crippen molar-refractivity contribution < 1.29 is 8.42 Å². The minimum atomic E-state index is -3.61. The van der Waals surface area contributed by atoms with Gasteiger partial charge in [0.25, 0.3) is 0 Å². The molecule has 0 unspecified atom stereocenters. The lowest BCUT2D eigenvalue weighted by molar-refractivity contribution is 0.567. The highest BCUT2D eigenvalue weighted by molar-refractivity contribution is 7.89. The molecule has 0 bridgehead atoms. The Morgan fingerprint density at radius 1 is 0.679 bits per heavy atom. The van der Waals surface area contributed by atoms with Gasteiger partial charge >= 0.3 is 0 Å². The summed E-state index contributed by atoms with van der Waals surface area (Å²) in [5.74, 6) is 0. The first-order valence-electron chi connectivity index (χ1n) is 9.19. The fraction of sp³-hybridized carbons (Fsp3) is 0.0833. The van der Waals surface area contributed by atoms with E-state index < -0.39 is 10.0 Å². The van der Waals surface area contributed by atoms with Gasteiger partial charge in [-0.05, 0) is 46.5 Å². The lowest BCUT2D eigenvalue weighted by atomic mass is 10.0. The summed E-state index contributed by atoms with van der Waals surface area (Å²) in [6.07, 6.45) is 0. The van der Waals surface area contributed by atoms with Gasteiger partial charge in [-0.25, -0.2) is 13.1 Å². The first-order valence-corrected chi connectivity index (χ1v) is 10.7. The predicted octanol–water partition coefficient (Wildman–Crippen LogP) is 5.55. The van der Waals surface area contributed by atoms with E-state index in [1.54, 1.807) is 12.1 Å². The molecule has 4 heteroatoms. The molecule has 3 nitrogen and oxygen atoms in total. The average Bonchev–Trinajstić information content (AvgIpc) is 2.74. The highest BCUT2D eigenvalue weighted by atomic mass is 32.2. The van der Waals surface area contributed by atoms with Crippen LogP contribution in [0.5, 0.6) is 0 Å². The van der Waals surface area contributed by atoms with Gasteiger partial charge in [0.15, 0.2) is 0 Å². The molecule has 0 aliphatic carbocycles. The molecule has 0 amide bonds. The van der Waals surface area contributed by atoms with Crippen molar-refractivity contribution in [2.24, 2.45) is 0 Å². The van der Waals surface area contributed by atoms with Crippen molar-refractivity contribution >= 4 is 20.8 Å². The van der Waals surface area contributed by atoms with E-state index >= 15 is 0 Å². The van der Waals surface area contributed by atoms with Gasteiger partial charge in [0.05, 0.1) is 4.90 Å². The van der Waals surface area contributed by atoms with Crippen LogP contribution < -0.4 is 4.72 Å². The van der Waals surface area contributed by atoms with Crippen LogP contribution in [0.3, 0.4) is 0 Å². The Hall–Kier alpha value is -2.95. The third-order valence-electron chi connectivity index (χ3n) is 4.88. The minimum absolute atomic E-state index is 0.277. The van der Waals surface area contributed by atoms with E-state index in [0.29, 0.717) is 0 Å². The molecule has 0 saturated carbocycles. The van der Waals surface area contributed by atoms with Crippen molar-refractivity contribution in [2.45, 2.75) is 17.9 Å².